The molecule has 0 saturated carbocycles. The number of nitrogens with one attached hydrogen (secondary N) is 1. The SMILES string of the molecule is CC(C)(C)c1ccc(C2C3=C(CCCC3=O)Nc3nc(SCc4ccccc4)nn32)cc1. The molecule has 1 atom stereocenters. The summed E-state index contributed by atoms with van der Waals surface area (Å²) in [5, 5.41) is 8.98. The Morgan fingerprint density at radius 2 is 1.81 bits per heavy atom. The van der Waals surface area contributed by atoms with Gasteiger partial charge >= 0.3 is 0 Å². The number of anilines is 1. The lowest BCUT2D eigenvalue weighted by Gasteiger charge is -2.32. The van der Waals surface area contributed by atoms with Crippen molar-refractivity contribution < 1.29 is 4.79 Å². The van der Waals surface area contributed by atoms with Crippen LogP contribution in [-0.4, -0.2) is 20.5 Å². The quantitative estimate of drug-likeness (QED) is 0.509. The Hall–Kier alpha value is -2.86. The van der Waals surface area contributed by atoms with Gasteiger partial charge in [0, 0.05) is 23.4 Å². The normalized spacial score (nSPS) is 18.2. The van der Waals surface area contributed by atoms with Gasteiger partial charge in [-0.2, -0.15) is 4.98 Å². The molecule has 32 heavy (non-hydrogen) atoms. The van der Waals surface area contributed by atoms with E-state index in [9.17, 15) is 4.79 Å². The number of hydrogen-bond acceptors (Lipinski definition) is 5. The molecule has 1 aromatic heterocycles. The van der Waals surface area contributed by atoms with Crippen LogP contribution in [0.25, 0.3) is 0 Å². The third-order valence-electron chi connectivity index (χ3n) is 6.15. The van der Waals surface area contributed by atoms with Gasteiger partial charge in [-0.05, 0) is 34.9 Å². The molecule has 5 rings (SSSR count). The van der Waals surface area contributed by atoms with Gasteiger partial charge in [0.05, 0.1) is 0 Å². The number of rotatable bonds is 4. The molecule has 0 spiro atoms. The number of carbonyl (C=O) groups is 1. The second kappa shape index (κ2) is 8.24. The number of nitrogens with zero attached hydrogens (tertiary/aromatic N) is 3. The van der Waals surface area contributed by atoms with Gasteiger partial charge in [-0.3, -0.25) is 4.79 Å². The molecule has 0 amide bonds. The van der Waals surface area contributed by atoms with Crippen LogP contribution in [0.2, 0.25) is 0 Å². The first-order chi connectivity index (χ1) is 15.4. The highest BCUT2D eigenvalue weighted by molar-refractivity contribution is 7.98. The summed E-state index contributed by atoms with van der Waals surface area (Å²) >= 11 is 1.62. The maximum absolute atomic E-state index is 13.0. The molecule has 2 aromatic carbocycles. The van der Waals surface area contributed by atoms with Crippen LogP contribution in [0.5, 0.6) is 0 Å². The van der Waals surface area contributed by atoms with E-state index in [1.54, 1.807) is 11.8 Å². The third kappa shape index (κ3) is 3.99. The monoisotopic (exact) mass is 444 g/mol. The highest BCUT2D eigenvalue weighted by atomic mass is 32.2. The number of fused-ring (bicyclic) bond motifs is 1. The molecule has 6 heteroatoms. The fourth-order valence-corrected chi connectivity index (χ4v) is 5.18. The van der Waals surface area contributed by atoms with Crippen LogP contribution >= 0.6 is 11.8 Å². The highest BCUT2D eigenvalue weighted by Gasteiger charge is 2.37. The van der Waals surface area contributed by atoms with Crippen LogP contribution in [-0.2, 0) is 16.0 Å². The minimum Gasteiger partial charge on any atom is -0.328 e. The summed E-state index contributed by atoms with van der Waals surface area (Å²) in [4.78, 5) is 17.8. The van der Waals surface area contributed by atoms with Gasteiger partial charge in [-0.15, -0.1) is 5.10 Å². The summed E-state index contributed by atoms with van der Waals surface area (Å²) in [5.74, 6) is 1.74. The van der Waals surface area contributed by atoms with Crippen LogP contribution in [0.15, 0.2) is 71.0 Å². The van der Waals surface area contributed by atoms with Gasteiger partial charge in [0.2, 0.25) is 11.1 Å². The van der Waals surface area contributed by atoms with Gasteiger partial charge in [0.1, 0.15) is 6.04 Å². The van der Waals surface area contributed by atoms with E-state index in [1.807, 2.05) is 22.9 Å². The fraction of sp³-hybridized carbons (Fsp3) is 0.346. The Labute approximate surface area is 193 Å². The van der Waals surface area contributed by atoms with Crippen LogP contribution < -0.4 is 5.32 Å². The summed E-state index contributed by atoms with van der Waals surface area (Å²) < 4.78 is 1.90. The molecule has 1 unspecified atom stereocenters. The summed E-state index contributed by atoms with van der Waals surface area (Å²) in [6.07, 6.45) is 2.35. The molecule has 2 heterocycles. The largest absolute Gasteiger partial charge is 0.328 e. The second-order valence-electron chi connectivity index (χ2n) is 9.51. The molecule has 164 valence electrons. The molecule has 1 aliphatic heterocycles. The van der Waals surface area contributed by atoms with E-state index < -0.39 is 0 Å². The maximum atomic E-state index is 13.0. The smallest absolute Gasteiger partial charge is 0.227 e. The Balaban J connectivity index is 1.51. The van der Waals surface area contributed by atoms with E-state index in [4.69, 9.17) is 10.1 Å². The lowest BCUT2D eigenvalue weighted by Crippen LogP contribution is -2.31. The first-order valence-electron chi connectivity index (χ1n) is 11.2. The van der Waals surface area contributed by atoms with Crippen LogP contribution in [0.4, 0.5) is 5.95 Å². The predicted molar refractivity (Wildman–Crippen MR) is 129 cm³/mol. The number of benzene rings is 2. The Morgan fingerprint density at radius 3 is 2.53 bits per heavy atom. The van der Waals surface area contributed by atoms with Crippen molar-refractivity contribution >= 4 is 23.5 Å². The van der Waals surface area contributed by atoms with E-state index >= 15 is 0 Å². The van der Waals surface area contributed by atoms with Crippen molar-refractivity contribution in [3.05, 3.63) is 82.6 Å². The van der Waals surface area contributed by atoms with Gasteiger partial charge in [-0.25, -0.2) is 4.68 Å². The predicted octanol–water partition coefficient (Wildman–Crippen LogP) is 5.89. The van der Waals surface area contributed by atoms with E-state index in [-0.39, 0.29) is 17.2 Å². The second-order valence-corrected chi connectivity index (χ2v) is 10.4. The average Bonchev–Trinajstić information content (AvgIpc) is 3.19. The molecule has 0 fully saturated rings. The van der Waals surface area contributed by atoms with Crippen LogP contribution in [0, 0.1) is 0 Å². The Morgan fingerprint density at radius 1 is 1.06 bits per heavy atom. The molecular formula is C26H28N4OS. The molecule has 3 aromatic rings. The Bertz CT molecular complexity index is 1170. The number of carbonyl (C=O) groups excluding carboxylic acids is 1. The first kappa shape index (κ1) is 21.0. The van der Waals surface area contributed by atoms with Crippen LogP contribution in [0.3, 0.4) is 0 Å². The Kier molecular flexibility index (Phi) is 5.41. The van der Waals surface area contributed by atoms with Crippen molar-refractivity contribution in [3.63, 3.8) is 0 Å². The number of hydrogen-bond donors (Lipinski definition) is 1. The highest BCUT2D eigenvalue weighted by Crippen LogP contribution is 2.41. The van der Waals surface area contributed by atoms with Gasteiger partial charge in [0.25, 0.3) is 0 Å². The zero-order valence-electron chi connectivity index (χ0n) is 18.8. The van der Waals surface area contributed by atoms with Crippen molar-refractivity contribution in [2.24, 2.45) is 0 Å². The van der Waals surface area contributed by atoms with Crippen molar-refractivity contribution in [2.75, 3.05) is 5.32 Å². The number of thioether (sulfide) groups is 1. The maximum Gasteiger partial charge on any atom is 0.227 e. The van der Waals surface area contributed by atoms with E-state index in [2.05, 4.69) is 62.5 Å². The van der Waals surface area contributed by atoms with E-state index in [0.29, 0.717) is 6.42 Å². The molecule has 0 radical (unpaired) electrons. The molecule has 1 N–H and O–H groups in total. The van der Waals surface area contributed by atoms with Crippen molar-refractivity contribution in [1.29, 1.82) is 0 Å². The average molecular weight is 445 g/mol. The van der Waals surface area contributed by atoms with Crippen molar-refractivity contribution in [3.8, 4) is 0 Å². The molecule has 2 aliphatic rings. The third-order valence-corrected chi connectivity index (χ3v) is 7.06. The molecule has 5 nitrogen and oxygen atoms in total. The minimum atomic E-state index is -0.235. The number of ketones is 1. The molecule has 0 saturated heterocycles. The molecule has 1 aliphatic carbocycles. The van der Waals surface area contributed by atoms with E-state index in [1.165, 1.54) is 11.1 Å². The number of allylic oxidation sites excluding steroid dienone is 2. The molecule has 0 bridgehead atoms. The summed E-state index contributed by atoms with van der Waals surface area (Å²) in [6.45, 7) is 6.64. The zero-order chi connectivity index (χ0) is 22.3. The number of aromatic nitrogens is 3. The summed E-state index contributed by atoms with van der Waals surface area (Å²) in [6, 6.07) is 18.7. The van der Waals surface area contributed by atoms with Gasteiger partial charge in [0.15, 0.2) is 5.78 Å². The van der Waals surface area contributed by atoms with E-state index in [0.717, 1.165) is 46.5 Å². The standard InChI is InChI=1S/C26H28N4OS/c1-26(2,3)19-14-12-18(13-15-19)23-22-20(10-7-11-21(22)31)27-24-28-25(29-30(23)24)32-16-17-8-5-4-6-9-17/h4-6,8-9,12-15,23H,7,10-11,16H2,1-3H3,(H,27,28,29). The number of Topliss-reactive ketones (excluding diaryl/α,β-unsaturated/α-hetero) is 1. The topological polar surface area (TPSA) is 59.8 Å². The van der Waals surface area contributed by atoms with Gasteiger partial charge < -0.3 is 5.32 Å². The summed E-state index contributed by atoms with van der Waals surface area (Å²) in [5.41, 5.74) is 5.52. The fourth-order valence-electron chi connectivity index (χ4n) is 4.39. The zero-order valence-corrected chi connectivity index (χ0v) is 19.6. The lowest BCUT2D eigenvalue weighted by molar-refractivity contribution is -0.116. The summed E-state index contributed by atoms with van der Waals surface area (Å²) in [7, 11) is 0. The minimum absolute atomic E-state index is 0.0808. The van der Waals surface area contributed by atoms with Crippen molar-refractivity contribution in [2.45, 2.75) is 62.4 Å². The first-order valence-corrected chi connectivity index (χ1v) is 12.2. The lowest BCUT2D eigenvalue weighted by atomic mass is 9.83. The van der Waals surface area contributed by atoms with Crippen LogP contribution in [0.1, 0.15) is 62.8 Å². The molecular weight excluding hydrogens is 416 g/mol. The van der Waals surface area contributed by atoms with Gasteiger partial charge in [-0.1, -0.05) is 87.1 Å². The van der Waals surface area contributed by atoms with Crippen molar-refractivity contribution in [1.82, 2.24) is 14.8 Å².